The van der Waals surface area contributed by atoms with Crippen molar-refractivity contribution in [2.45, 2.75) is 25.2 Å². The first-order valence-electron chi connectivity index (χ1n) is 6.13. The van der Waals surface area contributed by atoms with Crippen LogP contribution < -0.4 is 5.73 Å². The zero-order valence-corrected chi connectivity index (χ0v) is 9.73. The van der Waals surface area contributed by atoms with E-state index in [0.717, 1.165) is 29.4 Å². The Morgan fingerprint density at radius 1 is 1.24 bits per heavy atom. The Kier molecular flexibility index (Phi) is 2.69. The van der Waals surface area contributed by atoms with E-state index >= 15 is 0 Å². The topological polar surface area (TPSA) is 52.0 Å². The van der Waals surface area contributed by atoms with Gasteiger partial charge in [0.1, 0.15) is 11.5 Å². The van der Waals surface area contributed by atoms with E-state index in [-0.39, 0.29) is 0 Å². The molecule has 0 spiro atoms. The molecule has 17 heavy (non-hydrogen) atoms. The summed E-state index contributed by atoms with van der Waals surface area (Å²) in [6, 6.07) is 10.6. The molecule has 3 nitrogen and oxygen atoms in total. The van der Waals surface area contributed by atoms with E-state index in [1.165, 1.54) is 18.4 Å². The van der Waals surface area contributed by atoms with Crippen LogP contribution in [-0.4, -0.2) is 11.7 Å². The third-order valence-electron chi connectivity index (χ3n) is 3.20. The summed E-state index contributed by atoms with van der Waals surface area (Å²) in [5.41, 5.74) is 8.94. The molecule has 1 saturated carbocycles. The molecule has 88 valence electrons. The summed E-state index contributed by atoms with van der Waals surface area (Å²) in [5.74, 6) is 1.66. The molecule has 1 aliphatic carbocycles. The van der Waals surface area contributed by atoms with Crippen molar-refractivity contribution in [3.63, 3.8) is 0 Å². The normalized spacial score (nSPS) is 15.1. The fourth-order valence-corrected chi connectivity index (χ4v) is 2.05. The molecule has 1 aromatic carbocycles. The Morgan fingerprint density at radius 3 is 2.65 bits per heavy atom. The molecule has 3 rings (SSSR count). The summed E-state index contributed by atoms with van der Waals surface area (Å²) in [7, 11) is 0. The van der Waals surface area contributed by atoms with Crippen molar-refractivity contribution in [2.24, 2.45) is 5.73 Å². The fraction of sp³-hybridized carbons (Fsp3) is 0.357. The van der Waals surface area contributed by atoms with Gasteiger partial charge in [0.25, 0.3) is 0 Å². The molecule has 0 bridgehead atoms. The van der Waals surface area contributed by atoms with Crippen LogP contribution in [0.5, 0.6) is 0 Å². The highest BCUT2D eigenvalue weighted by atomic mass is 16.5. The van der Waals surface area contributed by atoms with Gasteiger partial charge in [0.2, 0.25) is 0 Å². The highest BCUT2D eigenvalue weighted by Gasteiger charge is 2.23. The zero-order chi connectivity index (χ0) is 11.7. The van der Waals surface area contributed by atoms with Gasteiger partial charge in [-0.1, -0.05) is 29.4 Å². The lowest BCUT2D eigenvalue weighted by atomic mass is 10.1. The van der Waals surface area contributed by atoms with Gasteiger partial charge in [-0.05, 0) is 30.9 Å². The highest BCUT2D eigenvalue weighted by molar-refractivity contribution is 5.59. The average Bonchev–Trinajstić information content (AvgIpc) is 3.11. The predicted molar refractivity (Wildman–Crippen MR) is 66.7 cm³/mol. The van der Waals surface area contributed by atoms with E-state index in [2.05, 4.69) is 29.4 Å². The highest BCUT2D eigenvalue weighted by Crippen LogP contribution is 2.40. The van der Waals surface area contributed by atoms with Crippen LogP contribution in [0.15, 0.2) is 34.9 Å². The first kappa shape index (κ1) is 10.5. The van der Waals surface area contributed by atoms with E-state index in [9.17, 15) is 0 Å². The molecule has 1 fully saturated rings. The molecule has 1 heterocycles. The standard InChI is InChI=1S/C14H16N2O/c15-8-7-13-9-14(16-17-13)12-5-3-11(4-6-12)10-1-2-10/h3-6,9-10H,1-2,7-8,15H2. The molecule has 0 atom stereocenters. The van der Waals surface area contributed by atoms with Crippen molar-refractivity contribution < 1.29 is 4.52 Å². The fourth-order valence-electron chi connectivity index (χ4n) is 2.05. The van der Waals surface area contributed by atoms with Crippen molar-refractivity contribution in [1.82, 2.24) is 5.16 Å². The molecule has 0 saturated heterocycles. The molecule has 0 unspecified atom stereocenters. The van der Waals surface area contributed by atoms with E-state index in [0.29, 0.717) is 6.54 Å². The second-order valence-corrected chi connectivity index (χ2v) is 4.61. The van der Waals surface area contributed by atoms with Crippen LogP contribution in [0.2, 0.25) is 0 Å². The number of benzene rings is 1. The maximum absolute atomic E-state index is 5.48. The molecule has 0 radical (unpaired) electrons. The molecular weight excluding hydrogens is 212 g/mol. The van der Waals surface area contributed by atoms with Gasteiger partial charge in [0.15, 0.2) is 0 Å². The summed E-state index contributed by atoms with van der Waals surface area (Å²) in [5, 5.41) is 4.06. The van der Waals surface area contributed by atoms with E-state index in [4.69, 9.17) is 10.3 Å². The predicted octanol–water partition coefficient (Wildman–Crippen LogP) is 2.72. The van der Waals surface area contributed by atoms with Gasteiger partial charge >= 0.3 is 0 Å². The Morgan fingerprint density at radius 2 is 2.00 bits per heavy atom. The third kappa shape index (κ3) is 2.24. The minimum absolute atomic E-state index is 0.593. The smallest absolute Gasteiger partial charge is 0.138 e. The maximum atomic E-state index is 5.48. The summed E-state index contributed by atoms with van der Waals surface area (Å²) >= 11 is 0. The van der Waals surface area contributed by atoms with Crippen molar-refractivity contribution >= 4 is 0 Å². The van der Waals surface area contributed by atoms with Gasteiger partial charge in [-0.15, -0.1) is 0 Å². The minimum atomic E-state index is 0.593. The van der Waals surface area contributed by atoms with E-state index < -0.39 is 0 Å². The summed E-state index contributed by atoms with van der Waals surface area (Å²) < 4.78 is 5.22. The van der Waals surface area contributed by atoms with Crippen LogP contribution in [-0.2, 0) is 6.42 Å². The van der Waals surface area contributed by atoms with Crippen LogP contribution in [0.1, 0.15) is 30.1 Å². The molecule has 0 amide bonds. The lowest BCUT2D eigenvalue weighted by Gasteiger charge is -1.99. The first-order valence-corrected chi connectivity index (χ1v) is 6.13. The largest absolute Gasteiger partial charge is 0.361 e. The number of aromatic nitrogens is 1. The maximum Gasteiger partial charge on any atom is 0.138 e. The molecule has 2 N–H and O–H groups in total. The number of hydrogen-bond acceptors (Lipinski definition) is 3. The number of rotatable bonds is 4. The summed E-state index contributed by atoms with van der Waals surface area (Å²) in [6.07, 6.45) is 3.42. The average molecular weight is 228 g/mol. The second kappa shape index (κ2) is 4.34. The Hall–Kier alpha value is -1.61. The van der Waals surface area contributed by atoms with Gasteiger partial charge < -0.3 is 10.3 Å². The molecule has 0 aliphatic heterocycles. The number of nitrogens with zero attached hydrogens (tertiary/aromatic N) is 1. The van der Waals surface area contributed by atoms with Gasteiger partial charge in [0.05, 0.1) is 0 Å². The molecule has 1 aliphatic rings. The second-order valence-electron chi connectivity index (χ2n) is 4.61. The summed E-state index contributed by atoms with van der Waals surface area (Å²) in [4.78, 5) is 0. The monoisotopic (exact) mass is 228 g/mol. The van der Waals surface area contributed by atoms with Gasteiger partial charge in [-0.2, -0.15) is 0 Å². The van der Waals surface area contributed by atoms with Crippen LogP contribution in [0.4, 0.5) is 0 Å². The minimum Gasteiger partial charge on any atom is -0.361 e. The molecular formula is C14H16N2O. The van der Waals surface area contributed by atoms with Crippen LogP contribution in [0, 0.1) is 0 Å². The van der Waals surface area contributed by atoms with Crippen LogP contribution in [0.25, 0.3) is 11.3 Å². The molecule has 3 heteroatoms. The van der Waals surface area contributed by atoms with Crippen LogP contribution >= 0.6 is 0 Å². The van der Waals surface area contributed by atoms with Gasteiger partial charge in [-0.3, -0.25) is 0 Å². The Bertz CT molecular complexity index is 497. The lowest BCUT2D eigenvalue weighted by Crippen LogP contribution is -2.01. The SMILES string of the molecule is NCCc1cc(-c2ccc(C3CC3)cc2)no1. The Labute approximate surface area is 101 Å². The lowest BCUT2D eigenvalue weighted by molar-refractivity contribution is 0.386. The van der Waals surface area contributed by atoms with E-state index in [1.807, 2.05) is 6.07 Å². The van der Waals surface area contributed by atoms with E-state index in [1.54, 1.807) is 0 Å². The van der Waals surface area contributed by atoms with Crippen molar-refractivity contribution in [1.29, 1.82) is 0 Å². The summed E-state index contributed by atoms with van der Waals surface area (Å²) in [6.45, 7) is 0.593. The molecule has 1 aromatic heterocycles. The number of hydrogen-bond donors (Lipinski definition) is 1. The van der Waals surface area contributed by atoms with Crippen molar-refractivity contribution in [3.05, 3.63) is 41.7 Å². The zero-order valence-electron chi connectivity index (χ0n) is 9.73. The van der Waals surface area contributed by atoms with Gasteiger partial charge in [-0.25, -0.2) is 0 Å². The first-order chi connectivity index (χ1) is 8.36. The quantitative estimate of drug-likeness (QED) is 0.875. The molecule has 2 aromatic rings. The van der Waals surface area contributed by atoms with Crippen LogP contribution in [0.3, 0.4) is 0 Å². The number of nitrogens with two attached hydrogens (primary N) is 1. The van der Waals surface area contributed by atoms with Crippen molar-refractivity contribution in [2.75, 3.05) is 6.54 Å². The van der Waals surface area contributed by atoms with Gasteiger partial charge in [0, 0.05) is 18.1 Å². The third-order valence-corrected chi connectivity index (χ3v) is 3.20. The van der Waals surface area contributed by atoms with Crippen molar-refractivity contribution in [3.8, 4) is 11.3 Å². The Balaban J connectivity index is 1.81.